The summed E-state index contributed by atoms with van der Waals surface area (Å²) in [6, 6.07) is 8.85. The Labute approximate surface area is 159 Å². The number of hydrogen-bond acceptors (Lipinski definition) is 3. The first-order valence-corrected chi connectivity index (χ1v) is 10.3. The van der Waals surface area contributed by atoms with Crippen LogP contribution in [0.3, 0.4) is 0 Å². The molecule has 0 aliphatic heterocycles. The van der Waals surface area contributed by atoms with E-state index < -0.39 is 10.0 Å². The van der Waals surface area contributed by atoms with Crippen molar-refractivity contribution < 1.29 is 13.2 Å². The molecule has 0 fully saturated rings. The summed E-state index contributed by atoms with van der Waals surface area (Å²) in [5, 5.41) is 3.49. The number of nitrogens with one attached hydrogen (secondary N) is 1. The lowest BCUT2D eigenvalue weighted by Gasteiger charge is -2.17. The third-order valence-electron chi connectivity index (χ3n) is 4.17. The maximum Gasteiger partial charge on any atom is 0.267 e. The van der Waals surface area contributed by atoms with Gasteiger partial charge in [-0.2, -0.15) is 4.31 Å². The van der Waals surface area contributed by atoms with E-state index in [2.05, 4.69) is 5.32 Å². The Morgan fingerprint density at radius 2 is 1.81 bits per heavy atom. The molecule has 2 rings (SSSR count). The Morgan fingerprint density at radius 3 is 2.38 bits per heavy atom. The highest BCUT2D eigenvalue weighted by Crippen LogP contribution is 2.18. The number of amides is 1. The van der Waals surface area contributed by atoms with Gasteiger partial charge < -0.3 is 9.88 Å². The number of hydrogen-bond donors (Lipinski definition) is 1. The Bertz CT molecular complexity index is 856. The van der Waals surface area contributed by atoms with Gasteiger partial charge in [-0.3, -0.25) is 4.79 Å². The van der Waals surface area contributed by atoms with Gasteiger partial charge in [0.15, 0.2) is 0 Å². The monoisotopic (exact) mass is 397 g/mol. The summed E-state index contributed by atoms with van der Waals surface area (Å²) >= 11 is 5.85. The van der Waals surface area contributed by atoms with Gasteiger partial charge >= 0.3 is 0 Å². The van der Waals surface area contributed by atoms with Crippen LogP contribution in [-0.2, 0) is 23.5 Å². The Kier molecular flexibility index (Phi) is 6.86. The average Bonchev–Trinajstić information content (AvgIpc) is 3.00. The molecule has 142 valence electrons. The molecular weight excluding hydrogens is 374 g/mol. The van der Waals surface area contributed by atoms with Crippen LogP contribution in [0.5, 0.6) is 0 Å². The van der Waals surface area contributed by atoms with E-state index in [4.69, 9.17) is 11.6 Å². The molecule has 0 bridgehead atoms. The number of carbonyl (C=O) groups excluding carboxylic acids is 1. The van der Waals surface area contributed by atoms with Crippen molar-refractivity contribution in [2.24, 2.45) is 7.05 Å². The Balaban J connectivity index is 2.05. The highest BCUT2D eigenvalue weighted by molar-refractivity contribution is 7.89. The number of benzene rings is 1. The minimum Gasteiger partial charge on any atom is -0.350 e. The Hall–Kier alpha value is -1.83. The molecule has 26 heavy (non-hydrogen) atoms. The summed E-state index contributed by atoms with van der Waals surface area (Å²) in [6.07, 6.45) is 2.14. The topological polar surface area (TPSA) is 71.4 Å². The summed E-state index contributed by atoms with van der Waals surface area (Å²) in [6.45, 7) is 4.79. The molecule has 1 aromatic heterocycles. The van der Waals surface area contributed by atoms with Crippen LogP contribution in [0, 0.1) is 0 Å². The van der Waals surface area contributed by atoms with Crippen LogP contribution in [0.4, 0.5) is 0 Å². The lowest BCUT2D eigenvalue weighted by molar-refractivity contribution is 0.0946. The third-order valence-corrected chi connectivity index (χ3v) is 6.44. The van der Waals surface area contributed by atoms with Crippen LogP contribution < -0.4 is 5.32 Å². The first kappa shape index (κ1) is 20.5. The molecule has 0 saturated heterocycles. The minimum atomic E-state index is -3.58. The van der Waals surface area contributed by atoms with Crippen molar-refractivity contribution in [1.82, 2.24) is 14.2 Å². The van der Waals surface area contributed by atoms with Crippen LogP contribution in [0.1, 0.15) is 29.9 Å². The molecule has 8 heteroatoms. The standard InChI is InChI=1S/C18H24ClN3O3S/c1-4-22(5-2)26(24,25)16-12-17(21(3)13-16)18(23)20-11-10-14-6-8-15(19)9-7-14/h6-9,12-13H,4-5,10-11H2,1-3H3,(H,20,23). The van der Waals surface area contributed by atoms with Crippen molar-refractivity contribution in [2.45, 2.75) is 25.2 Å². The number of carbonyl (C=O) groups is 1. The second kappa shape index (κ2) is 8.70. The molecule has 1 amide bonds. The summed E-state index contributed by atoms with van der Waals surface area (Å²) in [4.78, 5) is 12.5. The van der Waals surface area contributed by atoms with Crippen molar-refractivity contribution >= 4 is 27.5 Å². The first-order valence-electron chi connectivity index (χ1n) is 8.48. The van der Waals surface area contributed by atoms with E-state index in [1.807, 2.05) is 12.1 Å². The van der Waals surface area contributed by atoms with Gasteiger partial charge in [0.2, 0.25) is 10.0 Å². The highest BCUT2D eigenvalue weighted by atomic mass is 35.5. The van der Waals surface area contributed by atoms with E-state index in [0.717, 1.165) is 5.56 Å². The average molecular weight is 398 g/mol. The van der Waals surface area contributed by atoms with Gasteiger partial charge in [-0.05, 0) is 30.2 Å². The van der Waals surface area contributed by atoms with E-state index in [1.165, 1.54) is 21.1 Å². The van der Waals surface area contributed by atoms with Crippen LogP contribution in [0.2, 0.25) is 5.02 Å². The molecule has 0 aliphatic carbocycles. The quantitative estimate of drug-likeness (QED) is 0.744. The van der Waals surface area contributed by atoms with E-state index in [0.29, 0.717) is 36.8 Å². The zero-order chi connectivity index (χ0) is 19.3. The van der Waals surface area contributed by atoms with Gasteiger partial charge in [0.05, 0.1) is 0 Å². The van der Waals surface area contributed by atoms with Crippen molar-refractivity contribution in [3.8, 4) is 0 Å². The van der Waals surface area contributed by atoms with E-state index >= 15 is 0 Å². The predicted molar refractivity (Wildman–Crippen MR) is 103 cm³/mol. The molecule has 1 aromatic carbocycles. The lowest BCUT2D eigenvalue weighted by Crippen LogP contribution is -2.30. The summed E-state index contributed by atoms with van der Waals surface area (Å²) < 4.78 is 28.1. The number of aromatic nitrogens is 1. The van der Waals surface area contributed by atoms with E-state index in [-0.39, 0.29) is 10.8 Å². The zero-order valence-corrected chi connectivity index (χ0v) is 16.8. The smallest absolute Gasteiger partial charge is 0.267 e. The lowest BCUT2D eigenvalue weighted by atomic mass is 10.1. The summed E-state index contributed by atoms with van der Waals surface area (Å²) in [7, 11) is -1.92. The fourth-order valence-corrected chi connectivity index (χ4v) is 4.33. The molecule has 6 nitrogen and oxygen atoms in total. The van der Waals surface area contributed by atoms with Crippen LogP contribution >= 0.6 is 11.6 Å². The van der Waals surface area contributed by atoms with Gasteiger partial charge in [0.25, 0.3) is 5.91 Å². The summed E-state index contributed by atoms with van der Waals surface area (Å²) in [5.74, 6) is -0.303. The molecular formula is C18H24ClN3O3S. The molecule has 2 aromatic rings. The van der Waals surface area contributed by atoms with Gasteiger partial charge in [-0.1, -0.05) is 37.6 Å². The van der Waals surface area contributed by atoms with E-state index in [9.17, 15) is 13.2 Å². The molecule has 0 spiro atoms. The van der Waals surface area contributed by atoms with Gasteiger partial charge in [-0.25, -0.2) is 8.42 Å². The van der Waals surface area contributed by atoms with Crippen LogP contribution in [0.25, 0.3) is 0 Å². The molecule has 0 radical (unpaired) electrons. The molecule has 1 N–H and O–H groups in total. The number of sulfonamides is 1. The first-order chi connectivity index (χ1) is 12.3. The van der Waals surface area contributed by atoms with Crippen molar-refractivity contribution in [3.05, 3.63) is 52.8 Å². The normalized spacial score (nSPS) is 11.7. The molecule has 1 heterocycles. The third kappa shape index (κ3) is 4.66. The van der Waals surface area contributed by atoms with Crippen LogP contribution in [-0.4, -0.2) is 42.8 Å². The SMILES string of the molecule is CCN(CC)S(=O)(=O)c1cc(C(=O)NCCc2ccc(Cl)cc2)n(C)c1. The predicted octanol–water partition coefficient (Wildman–Crippen LogP) is 2.68. The van der Waals surface area contributed by atoms with Crippen LogP contribution in [0.15, 0.2) is 41.4 Å². The fourth-order valence-electron chi connectivity index (χ4n) is 2.68. The number of aryl methyl sites for hydroxylation is 1. The second-order valence-electron chi connectivity index (χ2n) is 5.89. The minimum absolute atomic E-state index is 0.131. The number of rotatable bonds is 8. The maximum atomic E-state index is 12.6. The number of nitrogens with zero attached hydrogens (tertiary/aromatic N) is 2. The molecule has 0 saturated carbocycles. The van der Waals surface area contributed by atoms with Gasteiger partial charge in [0, 0.05) is 37.9 Å². The molecule has 0 aliphatic rings. The highest BCUT2D eigenvalue weighted by Gasteiger charge is 2.25. The van der Waals surface area contributed by atoms with Crippen molar-refractivity contribution in [1.29, 1.82) is 0 Å². The van der Waals surface area contributed by atoms with E-state index in [1.54, 1.807) is 33.0 Å². The second-order valence-corrected chi connectivity index (χ2v) is 8.27. The van der Waals surface area contributed by atoms with Crippen molar-refractivity contribution in [3.63, 3.8) is 0 Å². The van der Waals surface area contributed by atoms with Gasteiger partial charge in [-0.15, -0.1) is 0 Å². The fraction of sp³-hybridized carbons (Fsp3) is 0.389. The van der Waals surface area contributed by atoms with Gasteiger partial charge in [0.1, 0.15) is 10.6 Å². The Morgan fingerprint density at radius 1 is 1.19 bits per heavy atom. The number of halogens is 1. The van der Waals surface area contributed by atoms with Crippen molar-refractivity contribution in [2.75, 3.05) is 19.6 Å². The molecule has 0 atom stereocenters. The zero-order valence-electron chi connectivity index (χ0n) is 15.2. The largest absolute Gasteiger partial charge is 0.350 e. The maximum absolute atomic E-state index is 12.6. The molecule has 0 unspecified atom stereocenters. The summed E-state index contributed by atoms with van der Waals surface area (Å²) in [5.41, 5.74) is 1.37.